The molecule has 3 rings (SSSR count). The number of nitrogens with two attached hydrogens (primary N) is 1. The van der Waals surface area contributed by atoms with Crippen LogP contribution in [0.15, 0.2) is 0 Å². The van der Waals surface area contributed by atoms with Gasteiger partial charge in [0.15, 0.2) is 0 Å². The van der Waals surface area contributed by atoms with Crippen LogP contribution in [0.1, 0.15) is 44.9 Å². The minimum atomic E-state index is -0.238. The molecule has 2 N–H and O–H groups in total. The summed E-state index contributed by atoms with van der Waals surface area (Å²) in [4.78, 5) is 16.9. The minimum Gasteiger partial charge on any atom is -0.338 e. The molecule has 3 unspecified atom stereocenters. The molecule has 0 aromatic rings. The Kier molecular flexibility index (Phi) is 3.32. The van der Waals surface area contributed by atoms with Gasteiger partial charge >= 0.3 is 0 Å². The molecule has 3 heterocycles. The van der Waals surface area contributed by atoms with Gasteiger partial charge in [0.25, 0.3) is 0 Å². The van der Waals surface area contributed by atoms with Gasteiger partial charge in [-0.3, -0.25) is 4.79 Å². The summed E-state index contributed by atoms with van der Waals surface area (Å²) in [5, 5.41) is 0. The normalized spacial score (nSPS) is 42.1. The Labute approximate surface area is 109 Å². The Morgan fingerprint density at radius 3 is 2.39 bits per heavy atom. The molecule has 1 amide bonds. The van der Waals surface area contributed by atoms with Crippen molar-refractivity contribution in [3.63, 3.8) is 0 Å². The van der Waals surface area contributed by atoms with E-state index < -0.39 is 0 Å². The van der Waals surface area contributed by atoms with Gasteiger partial charge in [-0.2, -0.15) is 0 Å². The van der Waals surface area contributed by atoms with Crippen LogP contribution in [0.4, 0.5) is 0 Å². The Morgan fingerprint density at radius 2 is 1.72 bits per heavy atom. The van der Waals surface area contributed by atoms with Gasteiger partial charge in [-0.15, -0.1) is 0 Å². The average Bonchev–Trinajstić information content (AvgIpc) is 2.33. The summed E-state index contributed by atoms with van der Waals surface area (Å²) in [5.41, 5.74) is 5.92. The van der Waals surface area contributed by atoms with Crippen molar-refractivity contribution in [2.45, 2.75) is 69.1 Å². The lowest BCUT2D eigenvalue weighted by atomic mass is 9.81. The number of carbonyl (C=O) groups is 1. The summed E-state index contributed by atoms with van der Waals surface area (Å²) < 4.78 is 0. The van der Waals surface area contributed by atoms with E-state index in [2.05, 4.69) is 16.8 Å². The molecule has 3 atom stereocenters. The summed E-state index contributed by atoms with van der Waals surface area (Å²) in [5.74, 6) is 0.203. The third-order valence-corrected chi connectivity index (χ3v) is 5.27. The second kappa shape index (κ2) is 4.82. The lowest BCUT2D eigenvalue weighted by Gasteiger charge is -2.50. The van der Waals surface area contributed by atoms with Crippen LogP contribution in [0.3, 0.4) is 0 Å². The van der Waals surface area contributed by atoms with Gasteiger partial charge in [0.1, 0.15) is 0 Å². The lowest BCUT2D eigenvalue weighted by Crippen LogP contribution is -2.59. The molecule has 3 saturated heterocycles. The third kappa shape index (κ3) is 2.05. The first kappa shape index (κ1) is 12.4. The maximum absolute atomic E-state index is 12.2. The molecule has 0 aromatic carbocycles. The number of hydrogen-bond acceptors (Lipinski definition) is 3. The predicted octanol–water partition coefficient (Wildman–Crippen LogP) is 0.951. The van der Waals surface area contributed by atoms with Crippen LogP contribution in [0.5, 0.6) is 0 Å². The number of hydrogen-bond donors (Lipinski definition) is 1. The summed E-state index contributed by atoms with van der Waals surface area (Å²) in [6.45, 7) is 0.931. The first-order chi connectivity index (χ1) is 8.66. The smallest absolute Gasteiger partial charge is 0.239 e. The standard InChI is InChI=1S/C14H25N3O/c1-16-10-4-2-5-11(16)9-12(8-10)17-7-3-6-13(15)14(17)18/h10-13H,2-9,15H2,1H3. The highest BCUT2D eigenvalue weighted by Gasteiger charge is 2.40. The van der Waals surface area contributed by atoms with Crippen molar-refractivity contribution in [1.29, 1.82) is 0 Å². The maximum atomic E-state index is 12.2. The van der Waals surface area contributed by atoms with Crippen LogP contribution in [0.2, 0.25) is 0 Å². The van der Waals surface area contributed by atoms with E-state index in [0.717, 1.165) is 32.2 Å². The van der Waals surface area contributed by atoms with Gasteiger partial charge < -0.3 is 15.5 Å². The van der Waals surface area contributed by atoms with Crippen molar-refractivity contribution in [1.82, 2.24) is 9.80 Å². The number of rotatable bonds is 1. The fourth-order valence-corrected chi connectivity index (χ4v) is 4.13. The van der Waals surface area contributed by atoms with Gasteiger partial charge in [-0.1, -0.05) is 6.42 Å². The molecule has 0 spiro atoms. The molecular weight excluding hydrogens is 226 g/mol. The monoisotopic (exact) mass is 251 g/mol. The van der Waals surface area contributed by atoms with Crippen LogP contribution in [-0.2, 0) is 4.79 Å². The van der Waals surface area contributed by atoms with E-state index >= 15 is 0 Å². The van der Waals surface area contributed by atoms with Crippen molar-refractivity contribution in [3.8, 4) is 0 Å². The SMILES string of the molecule is CN1C2CCCC1CC(N1CCCC(N)C1=O)C2. The second-order valence-electron chi connectivity index (χ2n) is 6.31. The number of carbonyl (C=O) groups excluding carboxylic acids is 1. The molecule has 0 aliphatic carbocycles. The maximum Gasteiger partial charge on any atom is 0.239 e. The van der Waals surface area contributed by atoms with Crippen molar-refractivity contribution >= 4 is 5.91 Å². The van der Waals surface area contributed by atoms with Crippen LogP contribution in [0.25, 0.3) is 0 Å². The van der Waals surface area contributed by atoms with E-state index in [-0.39, 0.29) is 11.9 Å². The summed E-state index contributed by atoms with van der Waals surface area (Å²) in [6, 6.07) is 1.59. The molecule has 0 radical (unpaired) electrons. The van der Waals surface area contributed by atoms with E-state index in [1.807, 2.05) is 0 Å². The minimum absolute atomic E-state index is 0.203. The van der Waals surface area contributed by atoms with Crippen LogP contribution in [0, 0.1) is 0 Å². The third-order valence-electron chi connectivity index (χ3n) is 5.27. The van der Waals surface area contributed by atoms with Gasteiger partial charge in [-0.05, 0) is 45.6 Å². The molecule has 3 aliphatic heterocycles. The van der Waals surface area contributed by atoms with Crippen LogP contribution in [-0.4, -0.2) is 53.5 Å². The lowest BCUT2D eigenvalue weighted by molar-refractivity contribution is -0.140. The zero-order chi connectivity index (χ0) is 12.7. The quantitative estimate of drug-likeness (QED) is 0.755. The Bertz CT molecular complexity index is 319. The molecule has 0 saturated carbocycles. The second-order valence-corrected chi connectivity index (χ2v) is 6.31. The van der Waals surface area contributed by atoms with Crippen molar-refractivity contribution in [2.75, 3.05) is 13.6 Å². The van der Waals surface area contributed by atoms with Crippen LogP contribution < -0.4 is 5.73 Å². The van der Waals surface area contributed by atoms with Crippen LogP contribution >= 0.6 is 0 Å². The van der Waals surface area contributed by atoms with Gasteiger partial charge in [-0.25, -0.2) is 0 Å². The molecule has 3 aliphatic rings. The number of amides is 1. The topological polar surface area (TPSA) is 49.6 Å². The Morgan fingerprint density at radius 1 is 1.06 bits per heavy atom. The molecular formula is C14H25N3O. The van der Waals surface area contributed by atoms with Crippen molar-refractivity contribution in [3.05, 3.63) is 0 Å². The number of likely N-dealkylation sites (tertiary alicyclic amines) is 1. The number of nitrogens with zero attached hydrogens (tertiary/aromatic N) is 2. The van der Waals surface area contributed by atoms with E-state index in [9.17, 15) is 4.79 Å². The predicted molar refractivity (Wildman–Crippen MR) is 71.1 cm³/mol. The van der Waals surface area contributed by atoms with Gasteiger partial charge in [0, 0.05) is 24.7 Å². The Hall–Kier alpha value is -0.610. The average molecular weight is 251 g/mol. The van der Waals surface area contributed by atoms with E-state index in [1.165, 1.54) is 19.3 Å². The highest BCUT2D eigenvalue weighted by Crippen LogP contribution is 2.35. The largest absolute Gasteiger partial charge is 0.338 e. The summed E-state index contributed by atoms with van der Waals surface area (Å²) in [7, 11) is 2.26. The van der Waals surface area contributed by atoms with E-state index in [1.54, 1.807) is 0 Å². The first-order valence-electron chi connectivity index (χ1n) is 7.45. The summed E-state index contributed by atoms with van der Waals surface area (Å²) in [6.07, 6.45) is 8.23. The Balaban J connectivity index is 1.71. The number of piperidine rings is 3. The molecule has 0 aromatic heterocycles. The molecule has 102 valence electrons. The zero-order valence-electron chi connectivity index (χ0n) is 11.3. The zero-order valence-corrected chi connectivity index (χ0v) is 11.3. The van der Waals surface area contributed by atoms with Gasteiger partial charge in [0.2, 0.25) is 5.91 Å². The van der Waals surface area contributed by atoms with E-state index in [4.69, 9.17) is 5.73 Å². The fraction of sp³-hybridized carbons (Fsp3) is 0.929. The number of fused-ring (bicyclic) bond motifs is 2. The van der Waals surface area contributed by atoms with E-state index in [0.29, 0.717) is 18.1 Å². The summed E-state index contributed by atoms with van der Waals surface area (Å²) >= 11 is 0. The molecule has 3 fully saturated rings. The highest BCUT2D eigenvalue weighted by atomic mass is 16.2. The molecule has 4 nitrogen and oxygen atoms in total. The molecule has 18 heavy (non-hydrogen) atoms. The fourth-order valence-electron chi connectivity index (χ4n) is 4.13. The van der Waals surface area contributed by atoms with Crippen molar-refractivity contribution < 1.29 is 4.79 Å². The highest BCUT2D eigenvalue weighted by molar-refractivity contribution is 5.82. The first-order valence-corrected chi connectivity index (χ1v) is 7.45. The van der Waals surface area contributed by atoms with Gasteiger partial charge in [0.05, 0.1) is 6.04 Å². The van der Waals surface area contributed by atoms with Crippen molar-refractivity contribution in [2.24, 2.45) is 5.73 Å². The molecule has 2 bridgehead atoms. The molecule has 4 heteroatoms.